The van der Waals surface area contributed by atoms with Gasteiger partial charge in [-0.2, -0.15) is 0 Å². The Morgan fingerprint density at radius 2 is 2.25 bits per heavy atom. The van der Waals surface area contributed by atoms with Crippen LogP contribution in [-0.2, 0) is 9.53 Å². The number of amides is 1. The molecule has 0 aromatic carbocycles. The molecule has 2 unspecified atom stereocenters. The van der Waals surface area contributed by atoms with Gasteiger partial charge in [-0.05, 0) is 18.8 Å². The number of hydrogen-bond donors (Lipinski definition) is 1. The van der Waals surface area contributed by atoms with Crippen molar-refractivity contribution in [3.63, 3.8) is 0 Å². The minimum Gasteiger partial charge on any atom is -0.377 e. The minimum absolute atomic E-state index is 0.0869. The van der Waals surface area contributed by atoms with E-state index in [0.717, 1.165) is 12.8 Å². The Labute approximate surface area is 98.1 Å². The van der Waals surface area contributed by atoms with Gasteiger partial charge in [0.1, 0.15) is 0 Å². The number of nitrogens with zero attached hydrogens (tertiary/aromatic N) is 1. The summed E-state index contributed by atoms with van der Waals surface area (Å²) in [5, 5.41) is 0. The number of nitrogens with two attached hydrogens (primary N) is 1. The summed E-state index contributed by atoms with van der Waals surface area (Å²) < 4.78 is 5.38. The molecule has 1 aliphatic heterocycles. The standard InChI is InChI=1S/C12H24N2O2/c1-4-10-8-16-6-5-14(10)12(15)11(13)7-9(2)3/h9-11H,4-8,13H2,1-3H3. The third-order valence-corrected chi connectivity index (χ3v) is 3.02. The van der Waals surface area contributed by atoms with Crippen LogP contribution in [0.3, 0.4) is 0 Å². The molecule has 94 valence electrons. The van der Waals surface area contributed by atoms with E-state index in [-0.39, 0.29) is 18.0 Å². The molecule has 1 fully saturated rings. The zero-order valence-corrected chi connectivity index (χ0v) is 10.6. The van der Waals surface area contributed by atoms with Crippen LogP contribution >= 0.6 is 0 Å². The average Bonchev–Trinajstić information content (AvgIpc) is 2.27. The van der Waals surface area contributed by atoms with Crippen molar-refractivity contribution in [2.45, 2.75) is 45.7 Å². The summed E-state index contributed by atoms with van der Waals surface area (Å²) >= 11 is 0. The van der Waals surface area contributed by atoms with Crippen LogP contribution < -0.4 is 5.73 Å². The highest BCUT2D eigenvalue weighted by Crippen LogP contribution is 2.13. The molecule has 1 rings (SSSR count). The Bertz CT molecular complexity index is 231. The number of rotatable bonds is 4. The fourth-order valence-corrected chi connectivity index (χ4v) is 2.10. The van der Waals surface area contributed by atoms with Crippen LogP contribution in [0.5, 0.6) is 0 Å². The Balaban J connectivity index is 2.56. The number of hydrogen-bond acceptors (Lipinski definition) is 3. The number of carbonyl (C=O) groups excluding carboxylic acids is 1. The van der Waals surface area contributed by atoms with Crippen molar-refractivity contribution in [1.29, 1.82) is 0 Å². The topological polar surface area (TPSA) is 55.6 Å². The zero-order chi connectivity index (χ0) is 12.1. The first-order valence-electron chi connectivity index (χ1n) is 6.20. The molecule has 16 heavy (non-hydrogen) atoms. The van der Waals surface area contributed by atoms with Crippen molar-refractivity contribution < 1.29 is 9.53 Å². The lowest BCUT2D eigenvalue weighted by Crippen LogP contribution is -2.54. The van der Waals surface area contributed by atoms with Gasteiger partial charge in [-0.3, -0.25) is 4.79 Å². The molecule has 2 N–H and O–H groups in total. The first kappa shape index (κ1) is 13.5. The third-order valence-electron chi connectivity index (χ3n) is 3.02. The van der Waals surface area contributed by atoms with Crippen molar-refractivity contribution in [2.75, 3.05) is 19.8 Å². The second-order valence-corrected chi connectivity index (χ2v) is 4.90. The quantitative estimate of drug-likeness (QED) is 0.781. The molecule has 0 aliphatic carbocycles. The van der Waals surface area contributed by atoms with Crippen LogP contribution in [0.25, 0.3) is 0 Å². The maximum absolute atomic E-state index is 12.1. The minimum atomic E-state index is -0.354. The average molecular weight is 228 g/mol. The molecule has 4 nitrogen and oxygen atoms in total. The number of carbonyl (C=O) groups is 1. The highest BCUT2D eigenvalue weighted by molar-refractivity contribution is 5.82. The fraction of sp³-hybridized carbons (Fsp3) is 0.917. The Kier molecular flexibility index (Phi) is 5.22. The molecule has 0 bridgehead atoms. The summed E-state index contributed by atoms with van der Waals surface area (Å²) in [5.41, 5.74) is 5.93. The lowest BCUT2D eigenvalue weighted by atomic mass is 10.0. The lowest BCUT2D eigenvalue weighted by molar-refractivity contribution is -0.141. The third kappa shape index (κ3) is 3.46. The summed E-state index contributed by atoms with van der Waals surface area (Å²) in [6, 6.07) is -0.147. The first-order chi connectivity index (χ1) is 7.56. The monoisotopic (exact) mass is 228 g/mol. The molecule has 0 spiro atoms. The van der Waals surface area contributed by atoms with Gasteiger partial charge in [0.15, 0.2) is 0 Å². The van der Waals surface area contributed by atoms with Crippen LogP contribution in [0, 0.1) is 5.92 Å². The van der Waals surface area contributed by atoms with Gasteiger partial charge in [-0.15, -0.1) is 0 Å². The Morgan fingerprint density at radius 3 is 2.81 bits per heavy atom. The Hall–Kier alpha value is -0.610. The number of ether oxygens (including phenoxy) is 1. The maximum atomic E-state index is 12.1. The van der Waals surface area contributed by atoms with E-state index < -0.39 is 0 Å². The molecule has 1 heterocycles. The molecule has 0 aromatic heterocycles. The van der Waals surface area contributed by atoms with Crippen molar-refractivity contribution in [1.82, 2.24) is 4.90 Å². The van der Waals surface area contributed by atoms with Crippen LogP contribution in [0.4, 0.5) is 0 Å². The van der Waals surface area contributed by atoms with Crippen molar-refractivity contribution in [2.24, 2.45) is 11.7 Å². The summed E-state index contributed by atoms with van der Waals surface area (Å²) in [6.45, 7) is 8.22. The molecule has 0 radical (unpaired) electrons. The van der Waals surface area contributed by atoms with Gasteiger partial charge in [0.25, 0.3) is 0 Å². The van der Waals surface area contributed by atoms with E-state index in [0.29, 0.717) is 25.7 Å². The van der Waals surface area contributed by atoms with Crippen molar-refractivity contribution in [3.8, 4) is 0 Å². The van der Waals surface area contributed by atoms with E-state index in [1.54, 1.807) is 0 Å². The van der Waals surface area contributed by atoms with Crippen LogP contribution in [0.1, 0.15) is 33.6 Å². The summed E-state index contributed by atoms with van der Waals surface area (Å²) in [6.07, 6.45) is 1.69. The molecule has 4 heteroatoms. The summed E-state index contributed by atoms with van der Waals surface area (Å²) in [5.74, 6) is 0.545. The molecule has 0 saturated carbocycles. The van der Waals surface area contributed by atoms with Gasteiger partial charge in [0.2, 0.25) is 5.91 Å². The summed E-state index contributed by atoms with van der Waals surface area (Å²) in [7, 11) is 0. The van der Waals surface area contributed by atoms with Gasteiger partial charge in [0, 0.05) is 6.54 Å². The van der Waals surface area contributed by atoms with E-state index >= 15 is 0 Å². The molecular weight excluding hydrogens is 204 g/mol. The number of morpholine rings is 1. The largest absolute Gasteiger partial charge is 0.377 e. The lowest BCUT2D eigenvalue weighted by Gasteiger charge is -2.36. The van der Waals surface area contributed by atoms with Gasteiger partial charge in [-0.1, -0.05) is 20.8 Å². The second kappa shape index (κ2) is 6.21. The highest BCUT2D eigenvalue weighted by atomic mass is 16.5. The van der Waals surface area contributed by atoms with Gasteiger partial charge in [-0.25, -0.2) is 0 Å². The molecule has 1 aliphatic rings. The highest BCUT2D eigenvalue weighted by Gasteiger charge is 2.29. The predicted octanol–water partition coefficient (Wildman–Crippen LogP) is 0.997. The smallest absolute Gasteiger partial charge is 0.239 e. The SMILES string of the molecule is CCC1COCCN1C(=O)C(N)CC(C)C. The van der Waals surface area contributed by atoms with E-state index in [4.69, 9.17) is 10.5 Å². The van der Waals surface area contributed by atoms with Crippen LogP contribution in [0.15, 0.2) is 0 Å². The maximum Gasteiger partial charge on any atom is 0.239 e. The van der Waals surface area contributed by atoms with E-state index in [1.807, 2.05) is 4.90 Å². The van der Waals surface area contributed by atoms with Gasteiger partial charge < -0.3 is 15.4 Å². The molecule has 1 saturated heterocycles. The molecule has 2 atom stereocenters. The van der Waals surface area contributed by atoms with Crippen molar-refractivity contribution >= 4 is 5.91 Å². The van der Waals surface area contributed by atoms with Gasteiger partial charge in [0.05, 0.1) is 25.3 Å². The predicted molar refractivity (Wildman–Crippen MR) is 64.0 cm³/mol. The fourth-order valence-electron chi connectivity index (χ4n) is 2.10. The second-order valence-electron chi connectivity index (χ2n) is 4.90. The van der Waals surface area contributed by atoms with Gasteiger partial charge >= 0.3 is 0 Å². The zero-order valence-electron chi connectivity index (χ0n) is 10.6. The first-order valence-corrected chi connectivity index (χ1v) is 6.20. The van der Waals surface area contributed by atoms with E-state index in [2.05, 4.69) is 20.8 Å². The van der Waals surface area contributed by atoms with Crippen molar-refractivity contribution in [3.05, 3.63) is 0 Å². The van der Waals surface area contributed by atoms with E-state index in [9.17, 15) is 4.79 Å². The molecule has 0 aromatic rings. The molecular formula is C12H24N2O2. The van der Waals surface area contributed by atoms with Crippen LogP contribution in [-0.4, -0.2) is 42.6 Å². The van der Waals surface area contributed by atoms with E-state index in [1.165, 1.54) is 0 Å². The normalized spacial score (nSPS) is 23.6. The summed E-state index contributed by atoms with van der Waals surface area (Å²) in [4.78, 5) is 14.0. The Morgan fingerprint density at radius 1 is 1.56 bits per heavy atom. The van der Waals surface area contributed by atoms with Crippen LogP contribution in [0.2, 0.25) is 0 Å². The molecule has 1 amide bonds.